The molecule has 1 heterocycles. The van der Waals surface area contributed by atoms with Crippen molar-refractivity contribution in [1.82, 2.24) is 8.87 Å². The average molecular weight is 459 g/mol. The number of aromatic nitrogens is 1. The molecular weight excluding hydrogens is 432 g/mol. The topological polar surface area (TPSA) is 59.4 Å². The lowest BCUT2D eigenvalue weighted by Gasteiger charge is -2.22. The van der Waals surface area contributed by atoms with Gasteiger partial charge in [0.1, 0.15) is 6.29 Å². The number of carbonyl (C=O) groups excluding carboxylic acids is 1. The number of allylic oxidation sites excluding steroid dienone is 1. The summed E-state index contributed by atoms with van der Waals surface area (Å²) in [5, 5.41) is 1.06. The lowest BCUT2D eigenvalue weighted by atomic mass is 10.2. The Balaban J connectivity index is 1.76. The van der Waals surface area contributed by atoms with Gasteiger partial charge in [0, 0.05) is 24.3 Å². The fourth-order valence-electron chi connectivity index (χ4n) is 3.87. The highest BCUT2D eigenvalue weighted by atomic mass is 32.2. The van der Waals surface area contributed by atoms with E-state index in [1.54, 1.807) is 30.3 Å². The summed E-state index contributed by atoms with van der Waals surface area (Å²) >= 11 is 0. The van der Waals surface area contributed by atoms with Crippen LogP contribution in [0.3, 0.4) is 0 Å². The molecule has 0 spiro atoms. The lowest BCUT2D eigenvalue weighted by molar-refractivity contribution is -0.104. The molecule has 0 aliphatic rings. The summed E-state index contributed by atoms with van der Waals surface area (Å²) in [5.74, 6) is 0. The van der Waals surface area contributed by atoms with Crippen LogP contribution in [0.1, 0.15) is 16.8 Å². The third-order valence-electron chi connectivity index (χ3n) is 5.60. The molecule has 1 aromatic heterocycles. The molecule has 0 saturated carbocycles. The molecule has 3 aromatic carbocycles. The fourth-order valence-corrected chi connectivity index (χ4v) is 5.24. The average Bonchev–Trinajstić information content (AvgIpc) is 3.16. The summed E-state index contributed by atoms with van der Waals surface area (Å²) in [6.07, 6.45) is 3.56. The van der Waals surface area contributed by atoms with Crippen LogP contribution in [-0.4, -0.2) is 30.1 Å². The van der Waals surface area contributed by atoms with Crippen LogP contribution in [0.25, 0.3) is 10.9 Å². The number of para-hydroxylation sites is 1. The fraction of sp³-hybridized carbons (Fsp3) is 0.148. The van der Waals surface area contributed by atoms with Crippen LogP contribution in [0.2, 0.25) is 0 Å². The Hall–Kier alpha value is -3.48. The van der Waals surface area contributed by atoms with Gasteiger partial charge in [-0.2, -0.15) is 4.31 Å². The zero-order valence-electron chi connectivity index (χ0n) is 18.5. The van der Waals surface area contributed by atoms with E-state index in [4.69, 9.17) is 0 Å². The number of aryl methyl sites for hydroxylation is 1. The highest BCUT2D eigenvalue weighted by Crippen LogP contribution is 2.25. The molecule has 0 amide bonds. The normalized spacial score (nSPS) is 12.1. The second-order valence-electron chi connectivity index (χ2n) is 7.94. The van der Waals surface area contributed by atoms with E-state index in [0.29, 0.717) is 12.8 Å². The maximum absolute atomic E-state index is 13.5. The summed E-state index contributed by atoms with van der Waals surface area (Å²) in [7, 11) is -3.77. The van der Waals surface area contributed by atoms with Gasteiger partial charge in [-0.15, -0.1) is 0 Å². The van der Waals surface area contributed by atoms with Gasteiger partial charge in [0.15, 0.2) is 0 Å². The molecule has 0 aliphatic heterocycles. The number of fused-ring (bicyclic) bond motifs is 1. The first-order chi connectivity index (χ1) is 16.0. The van der Waals surface area contributed by atoms with E-state index < -0.39 is 10.0 Å². The van der Waals surface area contributed by atoms with Gasteiger partial charge in [-0.25, -0.2) is 8.42 Å². The first-order valence-electron chi connectivity index (χ1n) is 10.8. The van der Waals surface area contributed by atoms with Crippen molar-refractivity contribution >= 4 is 27.2 Å². The van der Waals surface area contributed by atoms with Crippen molar-refractivity contribution in [3.8, 4) is 0 Å². The minimum atomic E-state index is -3.77. The molecule has 0 saturated heterocycles. The monoisotopic (exact) mass is 458 g/mol. The molecule has 33 heavy (non-hydrogen) atoms. The van der Waals surface area contributed by atoms with Crippen molar-refractivity contribution in [2.24, 2.45) is 0 Å². The molecular formula is C27H26N2O3S. The summed E-state index contributed by atoms with van der Waals surface area (Å²) < 4.78 is 30.6. The van der Waals surface area contributed by atoms with Gasteiger partial charge in [0.05, 0.1) is 11.4 Å². The highest BCUT2D eigenvalue weighted by molar-refractivity contribution is 7.89. The number of benzene rings is 3. The summed E-state index contributed by atoms with van der Waals surface area (Å²) in [5.41, 5.74) is 4.06. The van der Waals surface area contributed by atoms with E-state index in [0.717, 1.165) is 27.7 Å². The van der Waals surface area contributed by atoms with Crippen LogP contribution in [0.4, 0.5) is 0 Å². The van der Waals surface area contributed by atoms with E-state index in [-0.39, 0.29) is 18.0 Å². The van der Waals surface area contributed by atoms with Gasteiger partial charge < -0.3 is 4.57 Å². The molecule has 6 heteroatoms. The molecule has 5 nitrogen and oxygen atoms in total. The minimum Gasteiger partial charge on any atom is -0.339 e. The van der Waals surface area contributed by atoms with E-state index in [9.17, 15) is 13.2 Å². The van der Waals surface area contributed by atoms with Crippen LogP contribution < -0.4 is 0 Å². The molecule has 0 radical (unpaired) electrons. The van der Waals surface area contributed by atoms with Crippen molar-refractivity contribution in [3.63, 3.8) is 0 Å². The number of rotatable bonds is 9. The molecule has 4 aromatic rings. The smallest absolute Gasteiger partial charge is 0.243 e. The Morgan fingerprint density at radius 2 is 1.61 bits per heavy atom. The zero-order chi connectivity index (χ0) is 23.3. The Kier molecular flexibility index (Phi) is 6.87. The van der Waals surface area contributed by atoms with Crippen molar-refractivity contribution in [3.05, 3.63) is 114 Å². The molecule has 0 atom stereocenters. The number of aldehydes is 1. The quantitative estimate of drug-likeness (QED) is 0.264. The van der Waals surface area contributed by atoms with Crippen molar-refractivity contribution in [2.75, 3.05) is 6.54 Å². The Morgan fingerprint density at radius 1 is 0.909 bits per heavy atom. The first kappa shape index (κ1) is 22.7. The second kappa shape index (κ2) is 9.98. The maximum Gasteiger partial charge on any atom is 0.243 e. The molecule has 0 unspecified atom stereocenters. The van der Waals surface area contributed by atoms with Gasteiger partial charge in [0.25, 0.3) is 0 Å². The summed E-state index contributed by atoms with van der Waals surface area (Å²) in [6, 6.07) is 27.0. The van der Waals surface area contributed by atoms with E-state index in [2.05, 4.69) is 16.7 Å². The van der Waals surface area contributed by atoms with Crippen LogP contribution in [0, 0.1) is 6.92 Å². The molecule has 0 fully saturated rings. The highest BCUT2D eigenvalue weighted by Gasteiger charge is 2.25. The molecule has 0 bridgehead atoms. The minimum absolute atomic E-state index is 0.0990. The number of carbonyl (C=O) groups is 1. The second-order valence-corrected chi connectivity index (χ2v) is 9.88. The van der Waals surface area contributed by atoms with Gasteiger partial charge in [-0.05, 0) is 48.2 Å². The molecule has 4 rings (SSSR count). The molecule has 0 N–H and O–H groups in total. The third kappa shape index (κ3) is 5.13. The Morgan fingerprint density at radius 3 is 2.33 bits per heavy atom. The molecule has 0 aliphatic carbocycles. The lowest BCUT2D eigenvalue weighted by Crippen LogP contribution is -2.32. The predicted molar refractivity (Wildman–Crippen MR) is 131 cm³/mol. The van der Waals surface area contributed by atoms with Gasteiger partial charge >= 0.3 is 0 Å². The van der Waals surface area contributed by atoms with E-state index >= 15 is 0 Å². The van der Waals surface area contributed by atoms with Crippen molar-refractivity contribution in [1.29, 1.82) is 0 Å². The van der Waals surface area contributed by atoms with Gasteiger partial charge in [-0.1, -0.05) is 72.3 Å². The van der Waals surface area contributed by atoms with Gasteiger partial charge in [-0.3, -0.25) is 4.79 Å². The van der Waals surface area contributed by atoms with Crippen LogP contribution >= 0.6 is 0 Å². The van der Waals surface area contributed by atoms with Crippen LogP contribution in [0.5, 0.6) is 0 Å². The number of nitrogens with zero attached hydrogens (tertiary/aromatic N) is 2. The van der Waals surface area contributed by atoms with Crippen molar-refractivity contribution < 1.29 is 13.2 Å². The van der Waals surface area contributed by atoms with Crippen LogP contribution in [0.15, 0.2) is 102 Å². The number of sulfonamides is 1. The van der Waals surface area contributed by atoms with E-state index in [1.165, 1.54) is 10.4 Å². The Bertz CT molecular complexity index is 1370. The zero-order valence-corrected chi connectivity index (χ0v) is 19.3. The van der Waals surface area contributed by atoms with Crippen LogP contribution in [-0.2, 0) is 27.9 Å². The third-order valence-corrected chi connectivity index (χ3v) is 7.43. The Labute approximate surface area is 194 Å². The molecule has 168 valence electrons. The SMILES string of the molecule is Cc1ccc(S(=O)(=O)N(C/C=C/C=O)Cc2cc3ccccc3n2Cc2ccccc2)cc1. The first-order valence-corrected chi connectivity index (χ1v) is 12.2. The summed E-state index contributed by atoms with van der Waals surface area (Å²) in [6.45, 7) is 2.83. The predicted octanol–water partition coefficient (Wildman–Crippen LogP) is 4.94. The number of hydrogen-bond donors (Lipinski definition) is 0. The largest absolute Gasteiger partial charge is 0.339 e. The van der Waals surface area contributed by atoms with Gasteiger partial charge in [0.2, 0.25) is 10.0 Å². The standard InChI is InChI=1S/C27H26N2O3S/c1-22-13-15-26(16-14-22)33(31,32)28(17-7-8-18-30)21-25-19-24-11-5-6-12-27(24)29(25)20-23-9-3-2-4-10-23/h2-16,18-19H,17,20-21H2,1H3/b8-7+. The van der Waals surface area contributed by atoms with Crippen molar-refractivity contribution in [2.45, 2.75) is 24.9 Å². The maximum atomic E-state index is 13.5. The number of hydrogen-bond acceptors (Lipinski definition) is 3. The summed E-state index contributed by atoms with van der Waals surface area (Å²) in [4.78, 5) is 11.1. The van der Waals surface area contributed by atoms with E-state index in [1.807, 2.05) is 55.5 Å².